The van der Waals surface area contributed by atoms with E-state index in [-0.39, 0.29) is 17.9 Å². The third-order valence-corrected chi connectivity index (χ3v) is 3.70. The van der Waals surface area contributed by atoms with Gasteiger partial charge in [0.15, 0.2) is 0 Å². The Kier molecular flexibility index (Phi) is 5.34. The lowest BCUT2D eigenvalue weighted by Crippen LogP contribution is -2.17. The number of fused-ring (bicyclic) bond motifs is 1. The highest BCUT2D eigenvalue weighted by atomic mass is 16.5. The molecule has 0 radical (unpaired) electrons. The molecule has 0 aliphatic carbocycles. The zero-order chi connectivity index (χ0) is 15.2. The fraction of sp³-hybridized carbons (Fsp3) is 0.389. The van der Waals surface area contributed by atoms with Crippen molar-refractivity contribution in [3.05, 3.63) is 48.0 Å². The van der Waals surface area contributed by atoms with Gasteiger partial charge in [-0.05, 0) is 35.6 Å². The lowest BCUT2D eigenvalue weighted by molar-refractivity contribution is -0.144. The molecular weight excluding hydrogens is 262 g/mol. The van der Waals surface area contributed by atoms with E-state index in [4.69, 9.17) is 10.5 Å². The second-order valence-corrected chi connectivity index (χ2v) is 5.52. The zero-order valence-corrected chi connectivity index (χ0v) is 12.7. The maximum atomic E-state index is 11.5. The Hall–Kier alpha value is -1.87. The number of hydrogen-bond donors (Lipinski definition) is 1. The summed E-state index contributed by atoms with van der Waals surface area (Å²) in [5, 5.41) is 2.39. The molecule has 0 fully saturated rings. The Morgan fingerprint density at radius 1 is 1.19 bits per heavy atom. The molecule has 2 rings (SSSR count). The van der Waals surface area contributed by atoms with Gasteiger partial charge < -0.3 is 10.5 Å². The average molecular weight is 285 g/mol. The number of benzene rings is 2. The molecule has 2 N–H and O–H groups in total. The summed E-state index contributed by atoms with van der Waals surface area (Å²) in [5.74, 6) is 0.0631. The van der Waals surface area contributed by atoms with Crippen LogP contribution in [0.2, 0.25) is 0 Å². The van der Waals surface area contributed by atoms with E-state index in [0.717, 1.165) is 12.0 Å². The van der Waals surface area contributed by atoms with Gasteiger partial charge in [-0.2, -0.15) is 0 Å². The van der Waals surface area contributed by atoms with Crippen LogP contribution in [0.4, 0.5) is 0 Å². The molecule has 0 aromatic heterocycles. The van der Waals surface area contributed by atoms with Crippen LogP contribution in [-0.4, -0.2) is 12.6 Å². The first-order chi connectivity index (χ1) is 10.1. The molecular formula is C18H23NO2. The number of ether oxygens (including phenoxy) is 1. The van der Waals surface area contributed by atoms with Crippen LogP contribution >= 0.6 is 0 Å². The molecule has 21 heavy (non-hydrogen) atoms. The number of carbonyl (C=O) groups is 1. The summed E-state index contributed by atoms with van der Waals surface area (Å²) < 4.78 is 4.99. The van der Waals surface area contributed by atoms with E-state index >= 15 is 0 Å². The quantitative estimate of drug-likeness (QED) is 0.821. The first kappa shape index (κ1) is 15.5. The smallest absolute Gasteiger partial charge is 0.306 e. The third-order valence-electron chi connectivity index (χ3n) is 3.70. The molecule has 0 spiro atoms. The molecule has 0 bridgehead atoms. The van der Waals surface area contributed by atoms with E-state index in [2.05, 4.69) is 24.3 Å². The van der Waals surface area contributed by atoms with Gasteiger partial charge in [-0.3, -0.25) is 4.79 Å². The van der Waals surface area contributed by atoms with Crippen molar-refractivity contribution in [1.29, 1.82) is 0 Å². The van der Waals surface area contributed by atoms with Crippen molar-refractivity contribution in [2.24, 2.45) is 11.7 Å². The van der Waals surface area contributed by atoms with Gasteiger partial charge in [0, 0.05) is 12.5 Å². The van der Waals surface area contributed by atoms with Gasteiger partial charge in [0.05, 0.1) is 6.61 Å². The Bertz CT molecular complexity index is 604. The normalized spacial score (nSPS) is 13.9. The molecule has 0 saturated carbocycles. The predicted molar refractivity (Wildman–Crippen MR) is 85.9 cm³/mol. The first-order valence-electron chi connectivity index (χ1n) is 7.50. The van der Waals surface area contributed by atoms with Crippen molar-refractivity contribution in [3.8, 4) is 0 Å². The third kappa shape index (κ3) is 4.05. The fourth-order valence-electron chi connectivity index (χ4n) is 2.72. The minimum atomic E-state index is -0.143. The van der Waals surface area contributed by atoms with Crippen LogP contribution in [-0.2, 0) is 9.53 Å². The second kappa shape index (κ2) is 7.23. The summed E-state index contributed by atoms with van der Waals surface area (Å²) in [4.78, 5) is 11.5. The lowest BCUT2D eigenvalue weighted by atomic mass is 9.91. The summed E-state index contributed by atoms with van der Waals surface area (Å²) in [6.07, 6.45) is 1.19. The Morgan fingerprint density at radius 3 is 2.67 bits per heavy atom. The van der Waals surface area contributed by atoms with Crippen LogP contribution in [0.15, 0.2) is 42.5 Å². The summed E-state index contributed by atoms with van der Waals surface area (Å²) in [7, 11) is 0. The monoisotopic (exact) mass is 285 g/mol. The van der Waals surface area contributed by atoms with Crippen molar-refractivity contribution in [1.82, 2.24) is 0 Å². The van der Waals surface area contributed by atoms with Crippen molar-refractivity contribution in [2.45, 2.75) is 32.7 Å². The van der Waals surface area contributed by atoms with Gasteiger partial charge in [-0.25, -0.2) is 0 Å². The Morgan fingerprint density at radius 2 is 1.90 bits per heavy atom. The summed E-state index contributed by atoms with van der Waals surface area (Å²) in [6.45, 7) is 4.30. The van der Waals surface area contributed by atoms with Gasteiger partial charge in [-0.15, -0.1) is 0 Å². The van der Waals surface area contributed by atoms with Gasteiger partial charge in [-0.1, -0.05) is 49.4 Å². The Labute approximate surface area is 126 Å². The number of nitrogens with two attached hydrogens (primary N) is 1. The molecule has 2 aromatic carbocycles. The maximum Gasteiger partial charge on any atom is 0.306 e. The molecule has 112 valence electrons. The maximum absolute atomic E-state index is 11.5. The van der Waals surface area contributed by atoms with Gasteiger partial charge in [0.2, 0.25) is 0 Å². The highest BCUT2D eigenvalue weighted by Gasteiger charge is 2.16. The molecule has 0 amide bonds. The molecule has 3 heteroatoms. The summed E-state index contributed by atoms with van der Waals surface area (Å²) in [5.41, 5.74) is 7.50. The van der Waals surface area contributed by atoms with Crippen LogP contribution in [0, 0.1) is 5.92 Å². The molecule has 2 atom stereocenters. The zero-order valence-electron chi connectivity index (χ0n) is 12.7. The fourth-order valence-corrected chi connectivity index (χ4v) is 2.72. The number of rotatable bonds is 6. The van der Waals surface area contributed by atoms with E-state index in [1.807, 2.05) is 32.0 Å². The molecule has 3 nitrogen and oxygen atoms in total. The van der Waals surface area contributed by atoms with Crippen LogP contribution < -0.4 is 5.73 Å². The van der Waals surface area contributed by atoms with E-state index in [1.54, 1.807) is 0 Å². The average Bonchev–Trinajstić information content (AvgIpc) is 2.46. The molecule has 0 heterocycles. The molecule has 2 unspecified atom stereocenters. The first-order valence-corrected chi connectivity index (χ1v) is 7.50. The highest BCUT2D eigenvalue weighted by molar-refractivity contribution is 5.86. The number of hydrogen-bond acceptors (Lipinski definition) is 3. The van der Waals surface area contributed by atoms with E-state index in [0.29, 0.717) is 13.0 Å². The molecule has 0 saturated heterocycles. The van der Waals surface area contributed by atoms with Crippen LogP contribution in [0.5, 0.6) is 0 Å². The van der Waals surface area contributed by atoms with Gasteiger partial charge in [0.25, 0.3) is 0 Å². The predicted octanol–water partition coefficient (Wildman–Crippen LogP) is 3.82. The standard InChI is InChI=1S/C18H23NO2/c1-3-21-18(20)12-13(2)11-17(19)16-10-6-8-14-7-4-5-9-15(14)16/h4-10,13,17H,3,11-12,19H2,1-2H3. The van der Waals surface area contributed by atoms with Crippen LogP contribution in [0.3, 0.4) is 0 Å². The van der Waals surface area contributed by atoms with E-state index in [1.165, 1.54) is 10.8 Å². The van der Waals surface area contributed by atoms with Crippen molar-refractivity contribution in [3.63, 3.8) is 0 Å². The SMILES string of the molecule is CCOC(=O)CC(C)CC(N)c1cccc2ccccc12. The second-order valence-electron chi connectivity index (χ2n) is 5.52. The minimum Gasteiger partial charge on any atom is -0.466 e. The largest absolute Gasteiger partial charge is 0.466 e. The molecule has 0 aliphatic rings. The summed E-state index contributed by atoms with van der Waals surface area (Å²) in [6, 6.07) is 14.4. The Balaban J connectivity index is 2.08. The minimum absolute atomic E-state index is 0.0690. The van der Waals surface area contributed by atoms with E-state index in [9.17, 15) is 4.79 Å². The molecule has 0 aliphatic heterocycles. The topological polar surface area (TPSA) is 52.3 Å². The number of esters is 1. The number of carbonyl (C=O) groups excluding carboxylic acids is 1. The molecule has 2 aromatic rings. The van der Waals surface area contributed by atoms with Gasteiger partial charge >= 0.3 is 5.97 Å². The van der Waals surface area contributed by atoms with Crippen molar-refractivity contribution in [2.75, 3.05) is 6.61 Å². The lowest BCUT2D eigenvalue weighted by Gasteiger charge is -2.18. The van der Waals surface area contributed by atoms with E-state index < -0.39 is 0 Å². The van der Waals surface area contributed by atoms with Crippen molar-refractivity contribution < 1.29 is 9.53 Å². The van der Waals surface area contributed by atoms with Crippen LogP contribution in [0.25, 0.3) is 10.8 Å². The van der Waals surface area contributed by atoms with Crippen molar-refractivity contribution >= 4 is 16.7 Å². The van der Waals surface area contributed by atoms with Crippen LogP contribution in [0.1, 0.15) is 38.3 Å². The summed E-state index contributed by atoms with van der Waals surface area (Å²) >= 11 is 0. The van der Waals surface area contributed by atoms with Gasteiger partial charge in [0.1, 0.15) is 0 Å². The highest BCUT2D eigenvalue weighted by Crippen LogP contribution is 2.27.